The van der Waals surface area contributed by atoms with Crippen LogP contribution in [-0.2, 0) is 0 Å². The normalized spacial score (nSPS) is 7.00. The summed E-state index contributed by atoms with van der Waals surface area (Å²) in [5.74, 6) is 0. The van der Waals surface area contributed by atoms with Crippen molar-refractivity contribution in [3.63, 3.8) is 0 Å². The highest BCUT2D eigenvalue weighted by Gasteiger charge is 1.84. The number of H-pyrrole nitrogens is 3. The van der Waals surface area contributed by atoms with E-state index in [9.17, 15) is 14.4 Å². The van der Waals surface area contributed by atoms with Crippen molar-refractivity contribution in [1.82, 2.24) is 21.1 Å². The van der Waals surface area contributed by atoms with Crippen molar-refractivity contribution < 1.29 is 5.11 Å². The van der Waals surface area contributed by atoms with Gasteiger partial charge in [0.25, 0.3) is 6.26 Å². The van der Waals surface area contributed by atoms with Crippen LogP contribution in [0.1, 0.15) is 0 Å². The van der Waals surface area contributed by atoms with Gasteiger partial charge in [-0.25, -0.2) is 14.4 Å². The number of aliphatic hydroxyl groups is 1. The van der Waals surface area contributed by atoms with Crippen LogP contribution in [0.4, 0.5) is 0 Å². The fourth-order valence-corrected chi connectivity index (χ4v) is 0.403. The molecule has 13 heavy (non-hydrogen) atoms. The summed E-state index contributed by atoms with van der Waals surface area (Å²) in [6.07, 6.45) is 0.750. The smallest absolute Gasteiger partial charge is 0.330 e. The van der Waals surface area contributed by atoms with E-state index in [4.69, 9.17) is 10.4 Å². The molecule has 9 nitrogen and oxygen atoms in total. The summed E-state index contributed by atoms with van der Waals surface area (Å²) in [7, 11) is 0. The fraction of sp³-hybridized carbons (Fsp3) is 0. The molecule has 0 amide bonds. The lowest BCUT2D eigenvalue weighted by Crippen LogP contribution is -2.34. The molecule has 0 saturated carbocycles. The lowest BCUT2D eigenvalue weighted by Gasteiger charge is -1.77. The van der Waals surface area contributed by atoms with E-state index in [2.05, 4.69) is 0 Å². The number of nitrogens with one attached hydrogen (secondary N) is 3. The molecule has 0 bridgehead atoms. The van der Waals surface area contributed by atoms with Crippen LogP contribution in [0.3, 0.4) is 0 Å². The van der Waals surface area contributed by atoms with Gasteiger partial charge < -0.3 is 11.3 Å². The maximum atomic E-state index is 10.2. The number of aromatic amines is 3. The highest BCUT2D eigenvalue weighted by Crippen LogP contribution is 1.29. The second-order valence-corrected chi connectivity index (χ2v) is 1.46. The van der Waals surface area contributed by atoms with Crippen molar-refractivity contribution >= 4 is 0 Å². The third-order valence-electron chi connectivity index (χ3n) is 0.681. The number of rotatable bonds is 0. The van der Waals surface area contributed by atoms with Gasteiger partial charge in [0.05, 0.1) is 0 Å². The van der Waals surface area contributed by atoms with E-state index in [1.807, 2.05) is 0 Å². The van der Waals surface area contributed by atoms with Crippen LogP contribution >= 0.6 is 0 Å². The Hall–Kier alpha value is -2.34. The van der Waals surface area contributed by atoms with Gasteiger partial charge in [0.15, 0.2) is 0 Å². The minimum atomic E-state index is -0.802. The van der Waals surface area contributed by atoms with Crippen molar-refractivity contribution in [2.75, 3.05) is 0 Å². The van der Waals surface area contributed by atoms with Gasteiger partial charge >= 0.3 is 17.1 Å². The van der Waals surface area contributed by atoms with Crippen molar-refractivity contribution in [3.05, 3.63) is 31.5 Å². The molecule has 7 N–H and O–H groups in total. The number of aromatic nitrogens is 3. The highest BCUT2D eigenvalue weighted by molar-refractivity contribution is 4.60. The maximum Gasteiger partial charge on any atom is 0.330 e. The fourth-order valence-electron chi connectivity index (χ4n) is 0.403. The maximum absolute atomic E-state index is 10.2. The van der Waals surface area contributed by atoms with Gasteiger partial charge in [0, 0.05) is 0 Å². The van der Waals surface area contributed by atoms with Crippen LogP contribution in [0.2, 0.25) is 0 Å². The summed E-state index contributed by atoms with van der Waals surface area (Å²) >= 11 is 0. The van der Waals surface area contributed by atoms with Crippen LogP contribution in [-0.4, -0.2) is 20.1 Å². The van der Waals surface area contributed by atoms with E-state index >= 15 is 0 Å². The van der Waals surface area contributed by atoms with Crippen LogP contribution < -0.4 is 23.2 Å². The van der Waals surface area contributed by atoms with Gasteiger partial charge in [-0.15, -0.1) is 0 Å². The first-order chi connectivity index (χ1) is 5.60. The summed E-state index contributed by atoms with van der Waals surface area (Å²) in [5, 5.41) is 13.8. The van der Waals surface area contributed by atoms with Crippen LogP contribution in [0.15, 0.2) is 14.4 Å². The molecule has 1 rings (SSSR count). The van der Waals surface area contributed by atoms with Crippen molar-refractivity contribution in [2.45, 2.75) is 0 Å². The molecule has 1 aromatic heterocycles. The molecule has 0 aliphatic heterocycles. The van der Waals surface area contributed by atoms with E-state index < -0.39 is 17.1 Å². The van der Waals surface area contributed by atoms with Crippen LogP contribution in [0.25, 0.3) is 0 Å². The molecule has 0 unspecified atom stereocenters. The summed E-state index contributed by atoms with van der Waals surface area (Å²) in [4.78, 5) is 35.9. The zero-order chi connectivity index (χ0) is 9.56. The number of hydrogen-bond donors (Lipinski definition) is 5. The molecule has 72 valence electrons. The van der Waals surface area contributed by atoms with Gasteiger partial charge in [-0.2, -0.15) is 5.26 Å². The largest absolute Gasteiger partial charge is 0.443 e. The Morgan fingerprint density at radius 1 is 1.00 bits per heavy atom. The summed E-state index contributed by atoms with van der Waals surface area (Å²) < 4.78 is 0. The average Bonchev–Trinajstić information content (AvgIpc) is 1.84. The van der Waals surface area contributed by atoms with E-state index in [-0.39, 0.29) is 6.15 Å². The Morgan fingerprint density at radius 3 is 1.31 bits per heavy atom. The zero-order valence-corrected chi connectivity index (χ0v) is 6.33. The second-order valence-electron chi connectivity index (χ2n) is 1.46. The monoisotopic (exact) mass is 189 g/mol. The summed E-state index contributed by atoms with van der Waals surface area (Å²) in [5.41, 5.74) is -2.41. The third kappa shape index (κ3) is 6.07. The van der Waals surface area contributed by atoms with Crippen molar-refractivity contribution in [2.24, 2.45) is 0 Å². The molecule has 1 aromatic rings. The lowest BCUT2D eigenvalue weighted by atomic mass is 11.0. The van der Waals surface area contributed by atoms with Crippen molar-refractivity contribution in [3.8, 4) is 6.26 Å². The molecule has 0 radical (unpaired) electrons. The highest BCUT2D eigenvalue weighted by atomic mass is 16.2. The predicted molar refractivity (Wildman–Crippen MR) is 40.9 cm³/mol. The van der Waals surface area contributed by atoms with Crippen molar-refractivity contribution in [1.29, 1.82) is 5.26 Å². The molecule has 0 fully saturated rings. The van der Waals surface area contributed by atoms with E-state index in [1.165, 1.54) is 0 Å². The first kappa shape index (κ1) is 13.3. The Labute approximate surface area is 70.3 Å². The molecule has 0 aromatic carbocycles. The molecular weight excluding hydrogens is 182 g/mol. The molecule has 0 aliphatic carbocycles. The van der Waals surface area contributed by atoms with Gasteiger partial charge in [0.1, 0.15) is 0 Å². The SMILES string of the molecule is N.N#CO.O=c1[nH]c(=O)[nH]c(=O)[nH]1. The molecule has 1 heterocycles. The van der Waals surface area contributed by atoms with Gasteiger partial charge in [0.2, 0.25) is 0 Å². The molecule has 0 spiro atoms. The van der Waals surface area contributed by atoms with Crippen LogP contribution in [0, 0.1) is 11.5 Å². The number of hydrogen-bond acceptors (Lipinski definition) is 6. The average molecular weight is 189 g/mol. The summed E-state index contributed by atoms with van der Waals surface area (Å²) in [6, 6.07) is 0. The van der Waals surface area contributed by atoms with Crippen LogP contribution in [0.5, 0.6) is 0 Å². The molecule has 0 atom stereocenters. The van der Waals surface area contributed by atoms with Gasteiger partial charge in [-0.05, 0) is 0 Å². The number of nitrogens with zero attached hydrogens (tertiary/aromatic N) is 1. The summed E-state index contributed by atoms with van der Waals surface area (Å²) in [6.45, 7) is 0. The molecule has 9 heteroatoms. The standard InChI is InChI=1S/C3H3N3O3.CHNO.H3N/c7-1-4-2(8)6-3(9)5-1;2-1-3;/h(H3,4,5,6,7,8,9);3H;1H3. The third-order valence-corrected chi connectivity index (χ3v) is 0.681. The van der Waals surface area contributed by atoms with Gasteiger partial charge in [-0.3, -0.25) is 15.0 Å². The van der Waals surface area contributed by atoms with Gasteiger partial charge in [-0.1, -0.05) is 0 Å². The quantitative estimate of drug-likeness (QED) is 0.287. The number of aliphatic hydroxyl groups excluding tert-OH is 1. The minimum Gasteiger partial charge on any atom is -0.443 e. The Kier molecular flexibility index (Phi) is 6.50. The first-order valence-corrected chi connectivity index (χ1v) is 2.56. The Balaban J connectivity index is 0. The first-order valence-electron chi connectivity index (χ1n) is 2.56. The van der Waals surface area contributed by atoms with E-state index in [1.54, 1.807) is 15.0 Å². The molecular formula is C4H7N5O4. The molecule has 0 saturated heterocycles. The minimum absolute atomic E-state index is 0. The van der Waals surface area contributed by atoms with E-state index in [0.717, 1.165) is 6.26 Å². The Morgan fingerprint density at radius 2 is 1.15 bits per heavy atom. The lowest BCUT2D eigenvalue weighted by molar-refractivity contribution is 0.503. The topological polar surface area (TPSA) is 178 Å². The Bertz CT molecular complexity index is 355. The predicted octanol–water partition coefficient (Wildman–Crippen LogP) is -2.25. The zero-order valence-electron chi connectivity index (χ0n) is 6.33. The van der Waals surface area contributed by atoms with E-state index in [0.29, 0.717) is 0 Å². The molecule has 0 aliphatic rings. The number of nitriles is 1. The second kappa shape index (κ2) is 6.38.